The van der Waals surface area contributed by atoms with Crippen molar-refractivity contribution in [3.8, 4) is 11.4 Å². The maximum Gasteiger partial charge on any atom is 0.271 e. The van der Waals surface area contributed by atoms with E-state index in [1.807, 2.05) is 61.7 Å². The summed E-state index contributed by atoms with van der Waals surface area (Å²) in [5, 5.41) is 19.7. The molecule has 1 aromatic heterocycles. The highest BCUT2D eigenvalue weighted by Gasteiger charge is 2.17. The first-order chi connectivity index (χ1) is 12.9. The van der Waals surface area contributed by atoms with Gasteiger partial charge in [0.1, 0.15) is 5.75 Å². The Balaban J connectivity index is 2.03. The second-order valence-electron chi connectivity index (χ2n) is 6.23. The minimum absolute atomic E-state index is 0.0426. The molecule has 1 heterocycles. The third-order valence-corrected chi connectivity index (χ3v) is 4.43. The quantitative estimate of drug-likeness (QED) is 0.387. The average Bonchev–Trinajstić information content (AvgIpc) is 2.96. The van der Waals surface area contributed by atoms with Crippen LogP contribution in [0.5, 0.6) is 5.75 Å². The predicted molar refractivity (Wildman–Crippen MR) is 105 cm³/mol. The van der Waals surface area contributed by atoms with Crippen LogP contribution in [0, 0.1) is 29.4 Å². The minimum atomic E-state index is -0.403. The summed E-state index contributed by atoms with van der Waals surface area (Å²) in [7, 11) is 0. The topological polar surface area (TPSA) is 81.1 Å². The van der Waals surface area contributed by atoms with Crippen LogP contribution in [0.3, 0.4) is 0 Å². The number of hydrogen-bond donors (Lipinski definition) is 1. The fourth-order valence-electron chi connectivity index (χ4n) is 3.22. The molecule has 0 unspecified atom stereocenters. The molecular formula is C21H21N3O3. The van der Waals surface area contributed by atoms with Crippen LogP contribution in [0.4, 0.5) is 5.69 Å². The Kier molecular flexibility index (Phi) is 5.07. The van der Waals surface area contributed by atoms with E-state index in [0.717, 1.165) is 28.3 Å². The zero-order valence-electron chi connectivity index (χ0n) is 15.5. The van der Waals surface area contributed by atoms with Gasteiger partial charge in [-0.15, -0.1) is 0 Å². The molecule has 0 bridgehead atoms. The maximum absolute atomic E-state index is 11.1. The van der Waals surface area contributed by atoms with Crippen molar-refractivity contribution in [3.63, 3.8) is 0 Å². The number of rotatable bonds is 6. The molecule has 1 N–H and O–H groups in total. The van der Waals surface area contributed by atoms with Crippen molar-refractivity contribution in [1.29, 1.82) is 5.41 Å². The second-order valence-corrected chi connectivity index (χ2v) is 6.23. The Labute approximate surface area is 157 Å². The van der Waals surface area contributed by atoms with E-state index in [-0.39, 0.29) is 5.69 Å². The van der Waals surface area contributed by atoms with E-state index >= 15 is 0 Å². The molecule has 138 valence electrons. The lowest BCUT2D eigenvalue weighted by Crippen LogP contribution is -2.05. The number of hydrogen-bond acceptors (Lipinski definition) is 4. The fraction of sp³-hybridized carbons (Fsp3) is 0.190. The number of benzene rings is 2. The van der Waals surface area contributed by atoms with Crippen LogP contribution < -0.4 is 4.74 Å². The number of aromatic nitrogens is 1. The van der Waals surface area contributed by atoms with Gasteiger partial charge in [-0.1, -0.05) is 18.2 Å². The Morgan fingerprint density at radius 2 is 1.89 bits per heavy atom. The number of nitro benzene ring substituents is 1. The Bertz CT molecular complexity index is 1020. The first kappa shape index (κ1) is 18.4. The van der Waals surface area contributed by atoms with Gasteiger partial charge in [-0.05, 0) is 45.0 Å². The lowest BCUT2D eigenvalue weighted by Gasteiger charge is -2.11. The van der Waals surface area contributed by atoms with Crippen LogP contribution in [0.2, 0.25) is 0 Å². The Morgan fingerprint density at radius 1 is 1.15 bits per heavy atom. The molecule has 0 spiro atoms. The van der Waals surface area contributed by atoms with Crippen LogP contribution in [0.1, 0.15) is 29.4 Å². The largest absolute Gasteiger partial charge is 0.494 e. The fourth-order valence-corrected chi connectivity index (χ4v) is 3.22. The molecule has 0 atom stereocenters. The van der Waals surface area contributed by atoms with Crippen molar-refractivity contribution in [1.82, 2.24) is 4.57 Å². The van der Waals surface area contributed by atoms with Crippen LogP contribution in [-0.2, 0) is 0 Å². The molecule has 0 aliphatic rings. The number of nitrogens with zero attached hydrogens (tertiary/aromatic N) is 2. The van der Waals surface area contributed by atoms with Crippen LogP contribution in [0.15, 0.2) is 54.6 Å². The molecule has 6 nitrogen and oxygen atoms in total. The van der Waals surface area contributed by atoms with Gasteiger partial charge in [0, 0.05) is 34.6 Å². The van der Waals surface area contributed by atoms with Crippen molar-refractivity contribution >= 4 is 11.4 Å². The molecule has 0 saturated carbocycles. The summed E-state index contributed by atoms with van der Waals surface area (Å²) in [5.74, 6) is 0.729. The highest BCUT2D eigenvalue weighted by molar-refractivity contribution is 6.12. The lowest BCUT2D eigenvalue weighted by molar-refractivity contribution is -0.384. The summed E-state index contributed by atoms with van der Waals surface area (Å²) in [6.07, 6.45) is 0. The number of nitro groups is 1. The smallest absolute Gasteiger partial charge is 0.271 e. The zero-order valence-corrected chi connectivity index (χ0v) is 15.5. The third-order valence-electron chi connectivity index (χ3n) is 4.43. The third kappa shape index (κ3) is 3.60. The predicted octanol–water partition coefficient (Wildman–Crippen LogP) is 4.82. The molecule has 27 heavy (non-hydrogen) atoms. The summed E-state index contributed by atoms with van der Waals surface area (Å²) in [6.45, 7) is 6.34. The first-order valence-electron chi connectivity index (χ1n) is 8.68. The molecule has 3 aromatic rings. The van der Waals surface area contributed by atoms with E-state index in [1.54, 1.807) is 12.1 Å². The SMILES string of the molecule is CCOc1cccc(C(=N)c2cc(C)n(-c3cccc([N+](=O)[O-])c3)c2C)c1. The van der Waals surface area contributed by atoms with Gasteiger partial charge in [0.05, 0.1) is 22.9 Å². The molecule has 0 aliphatic carbocycles. The van der Waals surface area contributed by atoms with Gasteiger partial charge in [-0.25, -0.2) is 0 Å². The van der Waals surface area contributed by atoms with E-state index in [2.05, 4.69) is 0 Å². The summed E-state index contributed by atoms with van der Waals surface area (Å²) in [6, 6.07) is 15.9. The van der Waals surface area contributed by atoms with Gasteiger partial charge in [0.15, 0.2) is 0 Å². The van der Waals surface area contributed by atoms with Crippen LogP contribution in [0.25, 0.3) is 5.69 Å². The van der Waals surface area contributed by atoms with Gasteiger partial charge in [-0.3, -0.25) is 15.5 Å². The Hall–Kier alpha value is -3.41. The van der Waals surface area contributed by atoms with Crippen LogP contribution in [-0.4, -0.2) is 21.8 Å². The maximum atomic E-state index is 11.1. The molecule has 3 rings (SSSR count). The highest BCUT2D eigenvalue weighted by Crippen LogP contribution is 2.26. The van der Waals surface area contributed by atoms with Gasteiger partial charge in [0.25, 0.3) is 5.69 Å². The molecule has 6 heteroatoms. The van der Waals surface area contributed by atoms with Crippen molar-refractivity contribution < 1.29 is 9.66 Å². The van der Waals surface area contributed by atoms with Gasteiger partial charge in [-0.2, -0.15) is 0 Å². The summed E-state index contributed by atoms with van der Waals surface area (Å²) in [5.41, 5.74) is 4.46. The number of ether oxygens (including phenoxy) is 1. The van der Waals surface area contributed by atoms with Crippen molar-refractivity contribution in [2.45, 2.75) is 20.8 Å². The monoisotopic (exact) mass is 363 g/mol. The van der Waals surface area contributed by atoms with Gasteiger partial charge in [0.2, 0.25) is 0 Å². The van der Waals surface area contributed by atoms with Crippen molar-refractivity contribution in [3.05, 3.63) is 87.2 Å². The number of nitrogens with one attached hydrogen (secondary N) is 1. The first-order valence-corrected chi connectivity index (χ1v) is 8.68. The Morgan fingerprint density at radius 3 is 2.59 bits per heavy atom. The molecule has 0 amide bonds. The van der Waals surface area contributed by atoms with E-state index in [4.69, 9.17) is 10.1 Å². The van der Waals surface area contributed by atoms with E-state index < -0.39 is 4.92 Å². The average molecular weight is 363 g/mol. The summed E-state index contributed by atoms with van der Waals surface area (Å²) >= 11 is 0. The summed E-state index contributed by atoms with van der Waals surface area (Å²) in [4.78, 5) is 10.7. The molecule has 2 aromatic carbocycles. The number of aryl methyl sites for hydroxylation is 1. The van der Waals surface area contributed by atoms with E-state index in [0.29, 0.717) is 18.0 Å². The number of non-ortho nitro benzene ring substituents is 1. The molecule has 0 saturated heterocycles. The molecule has 0 fully saturated rings. The minimum Gasteiger partial charge on any atom is -0.494 e. The van der Waals surface area contributed by atoms with Crippen molar-refractivity contribution in [2.24, 2.45) is 0 Å². The second kappa shape index (κ2) is 7.45. The summed E-state index contributed by atoms with van der Waals surface area (Å²) < 4.78 is 7.46. The molecule has 0 radical (unpaired) electrons. The zero-order chi connectivity index (χ0) is 19.6. The van der Waals surface area contributed by atoms with Crippen LogP contribution >= 0.6 is 0 Å². The van der Waals surface area contributed by atoms with E-state index in [9.17, 15) is 10.1 Å². The van der Waals surface area contributed by atoms with Gasteiger partial charge >= 0.3 is 0 Å². The standard InChI is InChI=1S/C21H21N3O3/c1-4-27-19-10-5-7-16(12-19)21(22)20-11-14(2)23(15(20)3)17-8-6-9-18(13-17)24(25)26/h5-13,22H,4H2,1-3H3. The molecule has 0 aliphatic heterocycles. The normalized spacial score (nSPS) is 10.6. The highest BCUT2D eigenvalue weighted by atomic mass is 16.6. The lowest BCUT2D eigenvalue weighted by atomic mass is 10.0. The molecular weight excluding hydrogens is 342 g/mol. The van der Waals surface area contributed by atoms with Crippen molar-refractivity contribution in [2.75, 3.05) is 6.61 Å². The van der Waals surface area contributed by atoms with Gasteiger partial charge < -0.3 is 9.30 Å². The van der Waals surface area contributed by atoms with E-state index in [1.165, 1.54) is 6.07 Å².